The molecule has 1 rings (SSSR count). The molecule has 0 unspecified atom stereocenters. The summed E-state index contributed by atoms with van der Waals surface area (Å²) in [5, 5.41) is 8.23. The van der Waals surface area contributed by atoms with Gasteiger partial charge in [-0.3, -0.25) is 4.79 Å². The van der Waals surface area contributed by atoms with Crippen LogP contribution in [0.4, 0.5) is 10.5 Å². The Labute approximate surface area is 143 Å². The Morgan fingerprint density at radius 3 is 2.54 bits per heavy atom. The normalized spacial score (nSPS) is 10.3. The minimum Gasteiger partial charge on any atom is -0.484 e. The molecule has 0 aliphatic rings. The maximum absolute atomic E-state index is 11.9. The van der Waals surface area contributed by atoms with E-state index in [2.05, 4.69) is 34.7 Å². The number of carbonyl (C=O) groups is 2. The molecule has 134 valence electrons. The molecule has 3 N–H and O–H groups in total. The van der Waals surface area contributed by atoms with E-state index in [0.717, 1.165) is 19.6 Å². The van der Waals surface area contributed by atoms with Gasteiger partial charge in [-0.25, -0.2) is 4.79 Å². The SMILES string of the molecule is CCNC(=O)COc1cccc(NC(=O)NCCN(CC)CC)c1. The molecular weight excluding hydrogens is 308 g/mol. The fourth-order valence-corrected chi connectivity index (χ4v) is 2.10. The van der Waals surface area contributed by atoms with Crippen LogP contribution in [0, 0.1) is 0 Å². The summed E-state index contributed by atoms with van der Waals surface area (Å²) in [7, 11) is 0. The number of nitrogens with one attached hydrogen (secondary N) is 3. The number of likely N-dealkylation sites (N-methyl/N-ethyl adjacent to an activating group) is 2. The van der Waals surface area contributed by atoms with Crippen LogP contribution in [0.5, 0.6) is 5.75 Å². The van der Waals surface area contributed by atoms with E-state index < -0.39 is 0 Å². The van der Waals surface area contributed by atoms with Crippen LogP contribution in [0.15, 0.2) is 24.3 Å². The number of urea groups is 1. The van der Waals surface area contributed by atoms with E-state index in [9.17, 15) is 9.59 Å². The van der Waals surface area contributed by atoms with Crippen molar-refractivity contribution in [3.05, 3.63) is 24.3 Å². The second kappa shape index (κ2) is 11.3. The fraction of sp³-hybridized carbons (Fsp3) is 0.529. The van der Waals surface area contributed by atoms with E-state index in [1.165, 1.54) is 0 Å². The molecule has 0 fully saturated rings. The van der Waals surface area contributed by atoms with E-state index in [-0.39, 0.29) is 18.5 Å². The predicted octanol–water partition coefficient (Wildman–Crippen LogP) is 1.66. The minimum atomic E-state index is -0.261. The van der Waals surface area contributed by atoms with Gasteiger partial charge in [0.2, 0.25) is 0 Å². The van der Waals surface area contributed by atoms with Crippen LogP contribution in [-0.2, 0) is 4.79 Å². The molecule has 0 spiro atoms. The number of amides is 3. The molecule has 0 aliphatic heterocycles. The first-order valence-electron chi connectivity index (χ1n) is 8.35. The standard InChI is InChI=1S/C17H28N4O3/c1-4-18-16(22)13-24-15-9-7-8-14(12-15)20-17(23)19-10-11-21(5-2)6-3/h7-9,12H,4-6,10-11,13H2,1-3H3,(H,18,22)(H2,19,20,23). The highest BCUT2D eigenvalue weighted by molar-refractivity contribution is 5.89. The first-order chi connectivity index (χ1) is 11.6. The van der Waals surface area contributed by atoms with E-state index in [4.69, 9.17) is 4.74 Å². The van der Waals surface area contributed by atoms with E-state index in [0.29, 0.717) is 24.5 Å². The average molecular weight is 336 g/mol. The second-order valence-electron chi connectivity index (χ2n) is 5.18. The summed E-state index contributed by atoms with van der Waals surface area (Å²) in [4.78, 5) is 25.5. The summed E-state index contributed by atoms with van der Waals surface area (Å²) in [6.07, 6.45) is 0. The lowest BCUT2D eigenvalue weighted by Crippen LogP contribution is -2.36. The summed E-state index contributed by atoms with van der Waals surface area (Å²) in [5.74, 6) is 0.354. The summed E-state index contributed by atoms with van der Waals surface area (Å²) in [5.41, 5.74) is 0.615. The first kappa shape index (κ1) is 19.8. The lowest BCUT2D eigenvalue weighted by atomic mass is 10.3. The van der Waals surface area contributed by atoms with E-state index in [1.54, 1.807) is 24.3 Å². The molecule has 0 heterocycles. The maximum Gasteiger partial charge on any atom is 0.319 e. The van der Waals surface area contributed by atoms with Gasteiger partial charge in [-0.1, -0.05) is 19.9 Å². The second-order valence-corrected chi connectivity index (χ2v) is 5.18. The van der Waals surface area contributed by atoms with Gasteiger partial charge in [0.25, 0.3) is 5.91 Å². The third kappa shape index (κ3) is 7.82. The summed E-state index contributed by atoms with van der Waals surface area (Å²) in [6.45, 7) is 9.88. The van der Waals surface area contributed by atoms with Crippen molar-refractivity contribution < 1.29 is 14.3 Å². The molecule has 0 saturated heterocycles. The van der Waals surface area contributed by atoms with Gasteiger partial charge in [0, 0.05) is 31.4 Å². The van der Waals surface area contributed by atoms with Gasteiger partial charge in [0.05, 0.1) is 0 Å². The quantitative estimate of drug-likeness (QED) is 0.607. The number of rotatable bonds is 10. The molecule has 7 nitrogen and oxygen atoms in total. The Bertz CT molecular complexity index is 518. The molecule has 0 aromatic heterocycles. The number of hydrogen-bond acceptors (Lipinski definition) is 4. The Kier molecular flexibility index (Phi) is 9.29. The molecule has 1 aromatic rings. The Morgan fingerprint density at radius 2 is 1.88 bits per heavy atom. The van der Waals surface area contributed by atoms with Gasteiger partial charge in [0.1, 0.15) is 5.75 Å². The van der Waals surface area contributed by atoms with Crippen molar-refractivity contribution in [3.63, 3.8) is 0 Å². The van der Waals surface area contributed by atoms with Crippen LogP contribution < -0.4 is 20.7 Å². The minimum absolute atomic E-state index is 0.0483. The molecule has 0 atom stereocenters. The third-order valence-electron chi connectivity index (χ3n) is 3.44. The Balaban J connectivity index is 2.40. The molecule has 0 bridgehead atoms. The molecule has 0 radical (unpaired) electrons. The molecule has 24 heavy (non-hydrogen) atoms. The van der Waals surface area contributed by atoms with Crippen molar-refractivity contribution in [2.45, 2.75) is 20.8 Å². The van der Waals surface area contributed by atoms with Gasteiger partial charge < -0.3 is 25.6 Å². The van der Waals surface area contributed by atoms with Crippen LogP contribution in [0.25, 0.3) is 0 Å². The van der Waals surface area contributed by atoms with Crippen LogP contribution >= 0.6 is 0 Å². The first-order valence-corrected chi connectivity index (χ1v) is 8.35. The zero-order chi connectivity index (χ0) is 17.8. The molecule has 3 amide bonds. The third-order valence-corrected chi connectivity index (χ3v) is 3.44. The zero-order valence-corrected chi connectivity index (χ0v) is 14.7. The molecule has 1 aromatic carbocycles. The van der Waals surface area contributed by atoms with Crippen molar-refractivity contribution in [2.75, 3.05) is 44.6 Å². The van der Waals surface area contributed by atoms with Crippen molar-refractivity contribution >= 4 is 17.6 Å². The van der Waals surface area contributed by atoms with Crippen molar-refractivity contribution in [1.82, 2.24) is 15.5 Å². The van der Waals surface area contributed by atoms with Gasteiger partial charge in [0.15, 0.2) is 6.61 Å². The lowest BCUT2D eigenvalue weighted by Gasteiger charge is -2.18. The molecule has 0 saturated carbocycles. The lowest BCUT2D eigenvalue weighted by molar-refractivity contribution is -0.122. The number of ether oxygens (including phenoxy) is 1. The number of anilines is 1. The number of hydrogen-bond donors (Lipinski definition) is 3. The fourth-order valence-electron chi connectivity index (χ4n) is 2.10. The molecule has 7 heteroatoms. The summed E-state index contributed by atoms with van der Waals surface area (Å²) < 4.78 is 5.39. The van der Waals surface area contributed by atoms with Gasteiger partial charge >= 0.3 is 6.03 Å². The van der Waals surface area contributed by atoms with Crippen LogP contribution in [0.3, 0.4) is 0 Å². The molecular formula is C17H28N4O3. The Hall–Kier alpha value is -2.28. The summed E-state index contributed by atoms with van der Waals surface area (Å²) >= 11 is 0. The van der Waals surface area contributed by atoms with Crippen molar-refractivity contribution in [3.8, 4) is 5.75 Å². The maximum atomic E-state index is 11.9. The van der Waals surface area contributed by atoms with E-state index in [1.807, 2.05) is 6.92 Å². The zero-order valence-electron chi connectivity index (χ0n) is 14.7. The van der Waals surface area contributed by atoms with Gasteiger partial charge in [-0.2, -0.15) is 0 Å². The highest BCUT2D eigenvalue weighted by Crippen LogP contribution is 2.17. The monoisotopic (exact) mass is 336 g/mol. The predicted molar refractivity (Wildman–Crippen MR) is 95.4 cm³/mol. The van der Waals surface area contributed by atoms with E-state index >= 15 is 0 Å². The Morgan fingerprint density at radius 1 is 1.12 bits per heavy atom. The van der Waals surface area contributed by atoms with Gasteiger partial charge in [-0.05, 0) is 32.1 Å². The van der Waals surface area contributed by atoms with Crippen LogP contribution in [-0.4, -0.2) is 56.2 Å². The highest BCUT2D eigenvalue weighted by atomic mass is 16.5. The van der Waals surface area contributed by atoms with Crippen molar-refractivity contribution in [1.29, 1.82) is 0 Å². The average Bonchev–Trinajstić information content (AvgIpc) is 2.57. The van der Waals surface area contributed by atoms with Crippen LogP contribution in [0.2, 0.25) is 0 Å². The summed E-state index contributed by atoms with van der Waals surface area (Å²) in [6, 6.07) is 6.69. The smallest absolute Gasteiger partial charge is 0.319 e. The van der Waals surface area contributed by atoms with Crippen molar-refractivity contribution in [2.24, 2.45) is 0 Å². The number of benzene rings is 1. The largest absolute Gasteiger partial charge is 0.484 e. The highest BCUT2D eigenvalue weighted by Gasteiger charge is 2.05. The number of carbonyl (C=O) groups excluding carboxylic acids is 2. The topological polar surface area (TPSA) is 82.7 Å². The number of nitrogens with zero attached hydrogens (tertiary/aromatic N) is 1. The molecule has 0 aliphatic carbocycles. The van der Waals surface area contributed by atoms with Crippen LogP contribution in [0.1, 0.15) is 20.8 Å². The van der Waals surface area contributed by atoms with Gasteiger partial charge in [-0.15, -0.1) is 0 Å².